The van der Waals surface area contributed by atoms with Crippen LogP contribution in [0.25, 0.3) is 0 Å². The predicted octanol–water partition coefficient (Wildman–Crippen LogP) is 4.61. The number of aryl methyl sites for hydroxylation is 1. The Balaban J connectivity index is 1.03. The highest BCUT2D eigenvalue weighted by Crippen LogP contribution is 2.60. The molecule has 1 saturated heterocycles. The van der Waals surface area contributed by atoms with Crippen LogP contribution in [0.4, 0.5) is 0 Å². The Morgan fingerprint density at radius 2 is 1.38 bits per heavy atom. The molecule has 2 atom stereocenters. The lowest BCUT2D eigenvalue weighted by Gasteiger charge is -2.57. The summed E-state index contributed by atoms with van der Waals surface area (Å²) in [6.45, 7) is 3.36. The van der Waals surface area contributed by atoms with Crippen LogP contribution in [-0.2, 0) is 9.59 Å². The number of hydrogen-bond donors (Lipinski definition) is 2. The second-order valence-electron chi connectivity index (χ2n) is 13.1. The third kappa shape index (κ3) is 4.93. The molecule has 0 spiro atoms. The molecule has 37 heavy (non-hydrogen) atoms. The predicted molar refractivity (Wildman–Crippen MR) is 143 cm³/mol. The first-order chi connectivity index (χ1) is 17.9. The van der Waals surface area contributed by atoms with Crippen molar-refractivity contribution in [3.05, 3.63) is 35.4 Å². The maximum Gasteiger partial charge on any atom is 0.251 e. The normalized spacial score (nSPS) is 35.3. The molecule has 5 saturated carbocycles. The molecule has 0 aromatic heterocycles. The molecule has 7 rings (SSSR count). The second kappa shape index (κ2) is 10.1. The summed E-state index contributed by atoms with van der Waals surface area (Å²) < 4.78 is 0. The molecule has 3 amide bonds. The molecule has 1 unspecified atom stereocenters. The summed E-state index contributed by atoms with van der Waals surface area (Å²) in [5.41, 5.74) is 1.58. The van der Waals surface area contributed by atoms with E-state index >= 15 is 0 Å². The number of amides is 3. The molecule has 1 heterocycles. The number of nitrogens with one attached hydrogen (secondary N) is 2. The highest BCUT2D eigenvalue weighted by atomic mass is 16.2. The molecule has 6 fully saturated rings. The van der Waals surface area contributed by atoms with Crippen LogP contribution in [0.15, 0.2) is 24.3 Å². The first kappa shape index (κ1) is 24.9. The Kier molecular flexibility index (Phi) is 6.79. The molecule has 1 aromatic rings. The number of likely N-dealkylation sites (tertiary alicyclic amines) is 1. The molecular formula is C31H43N3O3. The average molecular weight is 506 g/mol. The van der Waals surface area contributed by atoms with E-state index in [4.69, 9.17) is 0 Å². The van der Waals surface area contributed by atoms with Gasteiger partial charge in [-0.1, -0.05) is 31.0 Å². The fraction of sp³-hybridized carbons (Fsp3) is 0.710. The van der Waals surface area contributed by atoms with E-state index in [-0.39, 0.29) is 35.2 Å². The van der Waals surface area contributed by atoms with Gasteiger partial charge in [-0.25, -0.2) is 0 Å². The maximum absolute atomic E-state index is 13.7. The zero-order valence-electron chi connectivity index (χ0n) is 22.3. The van der Waals surface area contributed by atoms with Crippen molar-refractivity contribution in [2.45, 2.75) is 96.1 Å². The number of carbonyl (C=O) groups excluding carboxylic acids is 3. The van der Waals surface area contributed by atoms with E-state index in [1.807, 2.05) is 31.2 Å². The van der Waals surface area contributed by atoms with Crippen LogP contribution < -0.4 is 10.6 Å². The van der Waals surface area contributed by atoms with Gasteiger partial charge in [-0.05, 0) is 101 Å². The van der Waals surface area contributed by atoms with Crippen molar-refractivity contribution in [3.8, 4) is 0 Å². The van der Waals surface area contributed by atoms with E-state index in [1.54, 1.807) is 0 Å². The Morgan fingerprint density at radius 1 is 0.811 bits per heavy atom. The lowest BCUT2D eigenvalue weighted by molar-refractivity contribution is -0.159. The summed E-state index contributed by atoms with van der Waals surface area (Å²) in [4.78, 5) is 42.0. The summed E-state index contributed by atoms with van der Waals surface area (Å²) >= 11 is 0. The smallest absolute Gasteiger partial charge is 0.251 e. The van der Waals surface area contributed by atoms with Crippen molar-refractivity contribution >= 4 is 17.7 Å². The minimum Gasteiger partial charge on any atom is -0.351 e. The summed E-state index contributed by atoms with van der Waals surface area (Å²) in [6.07, 6.45) is 12.8. The molecule has 0 radical (unpaired) electrons. The Hall–Kier alpha value is -2.37. The number of hydrogen-bond acceptors (Lipinski definition) is 3. The van der Waals surface area contributed by atoms with Gasteiger partial charge in [-0.2, -0.15) is 0 Å². The van der Waals surface area contributed by atoms with Gasteiger partial charge in [0.25, 0.3) is 5.91 Å². The molecular weight excluding hydrogens is 462 g/mol. The highest BCUT2D eigenvalue weighted by molar-refractivity contribution is 5.95. The zero-order chi connectivity index (χ0) is 25.6. The fourth-order valence-corrected chi connectivity index (χ4v) is 8.90. The summed E-state index contributed by atoms with van der Waals surface area (Å²) in [7, 11) is 0. The third-order valence-corrected chi connectivity index (χ3v) is 10.4. The van der Waals surface area contributed by atoms with Gasteiger partial charge in [0.1, 0.15) is 0 Å². The Bertz CT molecular complexity index is 1010. The number of carbonyl (C=O) groups is 3. The monoisotopic (exact) mass is 505 g/mol. The van der Waals surface area contributed by atoms with Gasteiger partial charge in [-0.15, -0.1) is 0 Å². The van der Waals surface area contributed by atoms with Crippen LogP contribution in [0, 0.1) is 36.0 Å². The molecule has 5 aliphatic carbocycles. The van der Waals surface area contributed by atoms with E-state index in [9.17, 15) is 14.4 Å². The lowest BCUT2D eigenvalue weighted by Crippen LogP contribution is -2.57. The zero-order valence-corrected chi connectivity index (χ0v) is 22.3. The van der Waals surface area contributed by atoms with Crippen LogP contribution >= 0.6 is 0 Å². The number of nitrogens with zero attached hydrogens (tertiary/aromatic N) is 1. The van der Waals surface area contributed by atoms with Crippen LogP contribution in [0.2, 0.25) is 0 Å². The molecule has 6 aliphatic rings. The van der Waals surface area contributed by atoms with Gasteiger partial charge in [0, 0.05) is 36.7 Å². The van der Waals surface area contributed by atoms with Crippen LogP contribution in [0.1, 0.15) is 93.0 Å². The van der Waals surface area contributed by atoms with Crippen molar-refractivity contribution in [1.29, 1.82) is 0 Å². The minimum atomic E-state index is -0.0888. The first-order valence-corrected chi connectivity index (χ1v) is 14.9. The molecule has 1 aliphatic heterocycles. The summed E-state index contributed by atoms with van der Waals surface area (Å²) in [5.74, 6) is 2.71. The number of benzene rings is 1. The molecule has 2 N–H and O–H groups in total. The Labute approximate surface area is 221 Å². The van der Waals surface area contributed by atoms with E-state index in [1.165, 1.54) is 19.3 Å². The fourth-order valence-electron chi connectivity index (χ4n) is 8.90. The topological polar surface area (TPSA) is 78.5 Å². The summed E-state index contributed by atoms with van der Waals surface area (Å²) in [6, 6.07) is 7.58. The summed E-state index contributed by atoms with van der Waals surface area (Å²) in [5, 5.41) is 6.52. The third-order valence-electron chi connectivity index (χ3n) is 10.4. The van der Waals surface area contributed by atoms with Crippen molar-refractivity contribution in [1.82, 2.24) is 15.5 Å². The Morgan fingerprint density at radius 3 is 1.97 bits per heavy atom. The standard InChI is InChI=1S/C31H43N3O3/c1-20-6-2-3-7-25(20)29(36)33-27-9-5-4-8-26(27)32-28(35)24-10-12-34(13-11-24)30(37)31-17-21-14-22(18-31)16-23(15-21)19-31/h2-3,6-7,21-24,26-27H,4-5,8-19H2,1H3,(H,32,35)(H,33,36)/t21?,22?,23?,26?,27-,31?/m1/s1. The van der Waals surface area contributed by atoms with Gasteiger partial charge in [0.15, 0.2) is 0 Å². The molecule has 6 heteroatoms. The van der Waals surface area contributed by atoms with Crippen LogP contribution in [0.5, 0.6) is 0 Å². The SMILES string of the molecule is Cc1ccccc1C(=O)N[C@@H]1CCCCC1NC(=O)C1CCN(C(=O)C23CC4CC(CC(C4)C2)C3)CC1. The van der Waals surface area contributed by atoms with Crippen molar-refractivity contribution in [3.63, 3.8) is 0 Å². The minimum absolute atomic E-state index is 0.0269. The molecule has 1 aromatic carbocycles. The maximum atomic E-state index is 13.7. The molecule has 6 nitrogen and oxygen atoms in total. The van der Waals surface area contributed by atoms with Crippen LogP contribution in [-0.4, -0.2) is 47.8 Å². The van der Waals surface area contributed by atoms with Crippen molar-refractivity contribution in [2.24, 2.45) is 29.1 Å². The van der Waals surface area contributed by atoms with Gasteiger partial charge in [0.2, 0.25) is 11.8 Å². The quantitative estimate of drug-likeness (QED) is 0.614. The molecule has 200 valence electrons. The van der Waals surface area contributed by atoms with E-state index in [2.05, 4.69) is 15.5 Å². The van der Waals surface area contributed by atoms with E-state index in [0.29, 0.717) is 24.6 Å². The van der Waals surface area contributed by atoms with Gasteiger partial charge in [-0.3, -0.25) is 14.4 Å². The number of rotatable bonds is 5. The largest absolute Gasteiger partial charge is 0.351 e. The molecule has 4 bridgehead atoms. The van der Waals surface area contributed by atoms with Crippen molar-refractivity contribution in [2.75, 3.05) is 13.1 Å². The number of piperidine rings is 1. The van der Waals surface area contributed by atoms with Gasteiger partial charge >= 0.3 is 0 Å². The van der Waals surface area contributed by atoms with E-state index in [0.717, 1.165) is 81.1 Å². The lowest BCUT2D eigenvalue weighted by atomic mass is 9.49. The van der Waals surface area contributed by atoms with Crippen molar-refractivity contribution < 1.29 is 14.4 Å². The van der Waals surface area contributed by atoms with Gasteiger partial charge < -0.3 is 15.5 Å². The second-order valence-corrected chi connectivity index (χ2v) is 13.1. The highest BCUT2D eigenvalue weighted by Gasteiger charge is 2.55. The average Bonchev–Trinajstić information content (AvgIpc) is 2.89. The van der Waals surface area contributed by atoms with Crippen LogP contribution in [0.3, 0.4) is 0 Å². The first-order valence-electron chi connectivity index (χ1n) is 14.9. The van der Waals surface area contributed by atoms with E-state index < -0.39 is 0 Å². The van der Waals surface area contributed by atoms with Gasteiger partial charge in [0.05, 0.1) is 5.41 Å².